The van der Waals surface area contributed by atoms with E-state index in [-0.39, 0.29) is 29.2 Å². The minimum atomic E-state index is -2.97. The van der Waals surface area contributed by atoms with E-state index in [0.29, 0.717) is 12.1 Å². The van der Waals surface area contributed by atoms with Crippen LogP contribution in [0.25, 0.3) is 0 Å². The van der Waals surface area contributed by atoms with E-state index in [0.717, 1.165) is 5.56 Å². The summed E-state index contributed by atoms with van der Waals surface area (Å²) in [5, 5.41) is 2.69. The highest BCUT2D eigenvalue weighted by molar-refractivity contribution is 5.91. The lowest BCUT2D eigenvalue weighted by molar-refractivity contribution is -0.116. The molecule has 146 valence electrons. The highest BCUT2D eigenvalue weighted by atomic mass is 19.3. The van der Waals surface area contributed by atoms with Gasteiger partial charge in [0.2, 0.25) is 5.91 Å². The van der Waals surface area contributed by atoms with E-state index in [1.807, 2.05) is 12.1 Å². The Morgan fingerprint density at radius 1 is 1.07 bits per heavy atom. The number of nitrogens with one attached hydrogen (secondary N) is 1. The number of carbonyl (C=O) groups excluding carboxylic acids is 1. The first-order valence-corrected chi connectivity index (χ1v) is 8.71. The Hall–Kier alpha value is -2.63. The van der Waals surface area contributed by atoms with Crippen molar-refractivity contribution in [2.75, 3.05) is 12.4 Å². The lowest BCUT2D eigenvalue weighted by Gasteiger charge is -2.19. The average molecular weight is 377 g/mol. The molecule has 0 saturated heterocycles. The Morgan fingerprint density at radius 2 is 1.74 bits per heavy atom. The van der Waals surface area contributed by atoms with E-state index < -0.39 is 6.61 Å². The second-order valence-electron chi connectivity index (χ2n) is 7.24. The molecule has 0 aromatic heterocycles. The molecular formula is C21H25F2NO3. The number of alkyl halides is 2. The molecule has 0 bridgehead atoms. The number of ether oxygens (including phenoxy) is 2. The van der Waals surface area contributed by atoms with Crippen molar-refractivity contribution in [2.24, 2.45) is 0 Å². The summed E-state index contributed by atoms with van der Waals surface area (Å²) in [7, 11) is 1.36. The van der Waals surface area contributed by atoms with Crippen LogP contribution in [0.4, 0.5) is 14.5 Å². The zero-order valence-electron chi connectivity index (χ0n) is 16.0. The van der Waals surface area contributed by atoms with Crippen molar-refractivity contribution in [3.63, 3.8) is 0 Å². The standard InChI is InChI=1S/C21H25F2NO3/c1-21(2,3)15-8-5-14(6-9-15)7-12-19(25)24-16-10-11-17(26-4)18(13-16)27-20(22)23/h5-6,8-11,13,20H,7,12H2,1-4H3,(H,24,25). The minimum Gasteiger partial charge on any atom is -0.493 e. The van der Waals surface area contributed by atoms with Crippen molar-refractivity contribution < 1.29 is 23.0 Å². The molecule has 0 unspecified atom stereocenters. The number of methoxy groups -OCH3 is 1. The number of halogens is 2. The number of benzene rings is 2. The molecule has 0 radical (unpaired) electrons. The second-order valence-corrected chi connectivity index (χ2v) is 7.24. The first-order chi connectivity index (χ1) is 12.7. The van der Waals surface area contributed by atoms with Gasteiger partial charge in [-0.1, -0.05) is 45.0 Å². The molecule has 2 rings (SSSR count). The Morgan fingerprint density at radius 3 is 2.30 bits per heavy atom. The Balaban J connectivity index is 1.95. The topological polar surface area (TPSA) is 47.6 Å². The summed E-state index contributed by atoms with van der Waals surface area (Å²) < 4.78 is 34.3. The molecule has 6 heteroatoms. The van der Waals surface area contributed by atoms with Crippen LogP contribution in [0.3, 0.4) is 0 Å². The third-order valence-corrected chi connectivity index (χ3v) is 4.12. The molecule has 1 amide bonds. The molecule has 0 aliphatic heterocycles. The molecular weight excluding hydrogens is 352 g/mol. The van der Waals surface area contributed by atoms with Gasteiger partial charge in [0.05, 0.1) is 7.11 Å². The van der Waals surface area contributed by atoms with Crippen molar-refractivity contribution in [3.8, 4) is 11.5 Å². The molecule has 2 aromatic rings. The summed E-state index contributed by atoms with van der Waals surface area (Å²) in [4.78, 5) is 12.2. The largest absolute Gasteiger partial charge is 0.493 e. The molecule has 0 fully saturated rings. The first-order valence-electron chi connectivity index (χ1n) is 8.71. The quantitative estimate of drug-likeness (QED) is 0.724. The monoisotopic (exact) mass is 377 g/mol. The number of carbonyl (C=O) groups is 1. The predicted molar refractivity (Wildman–Crippen MR) is 102 cm³/mol. The molecule has 0 spiro atoms. The fourth-order valence-corrected chi connectivity index (χ4v) is 2.60. The van der Waals surface area contributed by atoms with Gasteiger partial charge >= 0.3 is 6.61 Å². The molecule has 0 atom stereocenters. The van der Waals surface area contributed by atoms with E-state index in [1.165, 1.54) is 24.8 Å². The zero-order chi connectivity index (χ0) is 20.0. The molecule has 1 N–H and O–H groups in total. The van der Waals surface area contributed by atoms with E-state index in [1.54, 1.807) is 6.07 Å². The lowest BCUT2D eigenvalue weighted by atomic mass is 9.86. The van der Waals surface area contributed by atoms with Crippen LogP contribution in [0.5, 0.6) is 11.5 Å². The first kappa shape index (κ1) is 20.7. The number of hydrogen-bond donors (Lipinski definition) is 1. The van der Waals surface area contributed by atoms with Crippen LogP contribution in [0, 0.1) is 0 Å². The van der Waals surface area contributed by atoms with Crippen molar-refractivity contribution in [1.82, 2.24) is 0 Å². The van der Waals surface area contributed by atoms with Gasteiger partial charge in [0.15, 0.2) is 11.5 Å². The second kappa shape index (κ2) is 8.84. The van der Waals surface area contributed by atoms with Gasteiger partial charge in [-0.15, -0.1) is 0 Å². The predicted octanol–water partition coefficient (Wildman–Crippen LogP) is 5.17. The third kappa shape index (κ3) is 6.24. The summed E-state index contributed by atoms with van der Waals surface area (Å²) in [6.07, 6.45) is 0.874. The van der Waals surface area contributed by atoms with Crippen molar-refractivity contribution in [1.29, 1.82) is 0 Å². The SMILES string of the molecule is COc1ccc(NC(=O)CCc2ccc(C(C)(C)C)cc2)cc1OC(F)F. The highest BCUT2D eigenvalue weighted by Crippen LogP contribution is 2.31. The van der Waals surface area contributed by atoms with Crippen LogP contribution in [-0.4, -0.2) is 19.6 Å². The van der Waals surface area contributed by atoms with E-state index in [2.05, 4.69) is 43.0 Å². The smallest absolute Gasteiger partial charge is 0.387 e. The fourth-order valence-electron chi connectivity index (χ4n) is 2.60. The maximum atomic E-state index is 12.5. The normalized spacial score (nSPS) is 11.4. The van der Waals surface area contributed by atoms with Crippen LogP contribution in [0.2, 0.25) is 0 Å². The van der Waals surface area contributed by atoms with Gasteiger partial charge in [-0.2, -0.15) is 8.78 Å². The maximum Gasteiger partial charge on any atom is 0.387 e. The number of aryl methyl sites for hydroxylation is 1. The van der Waals surface area contributed by atoms with E-state index in [4.69, 9.17) is 4.74 Å². The molecule has 0 saturated carbocycles. The molecule has 2 aromatic carbocycles. The van der Waals surface area contributed by atoms with Gasteiger partial charge in [-0.05, 0) is 35.1 Å². The van der Waals surface area contributed by atoms with Crippen LogP contribution in [0.15, 0.2) is 42.5 Å². The van der Waals surface area contributed by atoms with Crippen LogP contribution in [-0.2, 0) is 16.6 Å². The van der Waals surface area contributed by atoms with Gasteiger partial charge in [0.1, 0.15) is 0 Å². The van der Waals surface area contributed by atoms with Gasteiger partial charge in [0.25, 0.3) is 0 Å². The van der Waals surface area contributed by atoms with Crippen LogP contribution in [0.1, 0.15) is 38.3 Å². The minimum absolute atomic E-state index is 0.0856. The summed E-state index contributed by atoms with van der Waals surface area (Å²) in [5.74, 6) is -0.154. The number of rotatable bonds is 7. The van der Waals surface area contributed by atoms with Gasteiger partial charge in [-0.3, -0.25) is 4.79 Å². The number of amides is 1. The molecule has 0 heterocycles. The van der Waals surface area contributed by atoms with Crippen LogP contribution >= 0.6 is 0 Å². The van der Waals surface area contributed by atoms with Gasteiger partial charge in [0, 0.05) is 18.2 Å². The zero-order valence-corrected chi connectivity index (χ0v) is 16.0. The van der Waals surface area contributed by atoms with Crippen molar-refractivity contribution in [2.45, 2.75) is 45.6 Å². The molecule has 4 nitrogen and oxygen atoms in total. The number of hydrogen-bond acceptors (Lipinski definition) is 3. The van der Waals surface area contributed by atoms with Gasteiger partial charge < -0.3 is 14.8 Å². The van der Waals surface area contributed by atoms with Crippen LogP contribution < -0.4 is 14.8 Å². The van der Waals surface area contributed by atoms with E-state index in [9.17, 15) is 13.6 Å². The summed E-state index contributed by atoms with van der Waals surface area (Å²) in [6.45, 7) is 3.48. The highest BCUT2D eigenvalue weighted by Gasteiger charge is 2.14. The fraction of sp³-hybridized carbons (Fsp3) is 0.381. The van der Waals surface area contributed by atoms with Gasteiger partial charge in [-0.25, -0.2) is 0 Å². The Kier molecular flexibility index (Phi) is 6.77. The van der Waals surface area contributed by atoms with E-state index >= 15 is 0 Å². The molecule has 27 heavy (non-hydrogen) atoms. The third-order valence-electron chi connectivity index (χ3n) is 4.12. The number of anilines is 1. The maximum absolute atomic E-state index is 12.5. The average Bonchev–Trinajstić information content (AvgIpc) is 2.59. The Bertz CT molecular complexity index is 768. The Labute approximate surface area is 158 Å². The van der Waals surface area contributed by atoms with Crippen molar-refractivity contribution in [3.05, 3.63) is 53.6 Å². The van der Waals surface area contributed by atoms with Crippen molar-refractivity contribution >= 4 is 11.6 Å². The summed E-state index contributed by atoms with van der Waals surface area (Å²) in [5.41, 5.74) is 2.76. The summed E-state index contributed by atoms with van der Waals surface area (Å²) in [6, 6.07) is 12.6. The molecule has 0 aliphatic carbocycles. The summed E-state index contributed by atoms with van der Waals surface area (Å²) >= 11 is 0. The lowest BCUT2D eigenvalue weighted by Crippen LogP contribution is -2.13. The molecule has 0 aliphatic rings.